The van der Waals surface area contributed by atoms with Gasteiger partial charge in [0.1, 0.15) is 0 Å². The van der Waals surface area contributed by atoms with Gasteiger partial charge in [0, 0.05) is 26.3 Å². The molecule has 1 fully saturated rings. The number of aromatic nitrogens is 1. The van der Waals surface area contributed by atoms with E-state index in [9.17, 15) is 4.79 Å². The Balaban J connectivity index is 2.07. The van der Waals surface area contributed by atoms with Gasteiger partial charge in [-0.3, -0.25) is 9.88 Å². The van der Waals surface area contributed by atoms with Crippen LogP contribution in [0.1, 0.15) is 19.8 Å². The van der Waals surface area contributed by atoms with Crippen molar-refractivity contribution in [1.82, 2.24) is 9.88 Å². The lowest BCUT2D eigenvalue weighted by Crippen LogP contribution is -2.45. The molecule has 1 aliphatic rings. The zero-order valence-corrected chi connectivity index (χ0v) is 11.0. The van der Waals surface area contributed by atoms with Crippen molar-refractivity contribution in [3.8, 4) is 0 Å². The van der Waals surface area contributed by atoms with Crippen molar-refractivity contribution in [2.75, 3.05) is 30.8 Å². The second-order valence-corrected chi connectivity index (χ2v) is 4.95. The number of likely N-dealkylation sites (tertiary alicyclic amines) is 1. The third kappa shape index (κ3) is 2.55. The SMILES string of the molecule is CC1CCN(C(=O)N(C)c2ccncc2N)CC1. The zero-order chi connectivity index (χ0) is 13.1. The van der Waals surface area contributed by atoms with Crippen LogP contribution in [-0.2, 0) is 0 Å². The number of nitrogens with two attached hydrogens (primary N) is 1. The Bertz CT molecular complexity index is 427. The first kappa shape index (κ1) is 12.7. The number of nitrogen functional groups attached to an aromatic ring is 1. The predicted octanol–water partition coefficient (Wildman–Crippen LogP) is 1.95. The molecule has 0 aliphatic carbocycles. The summed E-state index contributed by atoms with van der Waals surface area (Å²) in [4.78, 5) is 19.8. The maximum Gasteiger partial charge on any atom is 0.324 e. The van der Waals surface area contributed by atoms with E-state index in [1.165, 1.54) is 0 Å². The van der Waals surface area contributed by atoms with Crippen LogP contribution in [0.25, 0.3) is 0 Å². The fraction of sp³-hybridized carbons (Fsp3) is 0.538. The van der Waals surface area contributed by atoms with E-state index in [0.29, 0.717) is 17.3 Å². The number of urea groups is 1. The fourth-order valence-electron chi connectivity index (χ4n) is 2.22. The first-order valence-corrected chi connectivity index (χ1v) is 6.31. The zero-order valence-electron chi connectivity index (χ0n) is 11.0. The van der Waals surface area contributed by atoms with Crippen molar-refractivity contribution in [3.05, 3.63) is 18.5 Å². The number of pyridine rings is 1. The molecular weight excluding hydrogens is 228 g/mol. The van der Waals surface area contributed by atoms with Crippen LogP contribution in [0.2, 0.25) is 0 Å². The van der Waals surface area contributed by atoms with E-state index in [-0.39, 0.29) is 6.03 Å². The second-order valence-electron chi connectivity index (χ2n) is 4.95. The van der Waals surface area contributed by atoms with Gasteiger partial charge in [0.2, 0.25) is 0 Å². The number of rotatable bonds is 1. The summed E-state index contributed by atoms with van der Waals surface area (Å²) >= 11 is 0. The standard InChI is InChI=1S/C13H20N4O/c1-10-4-7-17(8-5-10)13(18)16(2)12-3-6-15-9-11(12)14/h3,6,9-10H,4-5,7-8,14H2,1-2H3. The molecule has 18 heavy (non-hydrogen) atoms. The fourth-order valence-corrected chi connectivity index (χ4v) is 2.22. The van der Waals surface area contributed by atoms with Gasteiger partial charge >= 0.3 is 6.03 Å². The number of carbonyl (C=O) groups is 1. The minimum atomic E-state index is 0.0137. The highest BCUT2D eigenvalue weighted by molar-refractivity contribution is 5.94. The van der Waals surface area contributed by atoms with E-state index in [0.717, 1.165) is 25.9 Å². The average molecular weight is 248 g/mol. The molecule has 0 atom stereocenters. The third-order valence-corrected chi connectivity index (χ3v) is 3.53. The molecular formula is C13H20N4O. The number of hydrogen-bond donors (Lipinski definition) is 1. The average Bonchev–Trinajstić information content (AvgIpc) is 2.38. The van der Waals surface area contributed by atoms with Crippen molar-refractivity contribution in [2.45, 2.75) is 19.8 Å². The van der Waals surface area contributed by atoms with E-state index >= 15 is 0 Å². The molecule has 0 radical (unpaired) electrons. The van der Waals surface area contributed by atoms with Gasteiger partial charge in [-0.25, -0.2) is 4.79 Å². The summed E-state index contributed by atoms with van der Waals surface area (Å²) in [6.45, 7) is 3.89. The smallest absolute Gasteiger partial charge is 0.324 e. The number of hydrogen-bond acceptors (Lipinski definition) is 3. The van der Waals surface area contributed by atoms with Gasteiger partial charge in [-0.1, -0.05) is 6.92 Å². The molecule has 2 heterocycles. The van der Waals surface area contributed by atoms with E-state index in [2.05, 4.69) is 11.9 Å². The Labute approximate surface area is 108 Å². The highest BCUT2D eigenvalue weighted by Crippen LogP contribution is 2.23. The largest absolute Gasteiger partial charge is 0.396 e. The van der Waals surface area contributed by atoms with Gasteiger partial charge in [0.25, 0.3) is 0 Å². The summed E-state index contributed by atoms with van der Waals surface area (Å²) in [5, 5.41) is 0. The lowest BCUT2D eigenvalue weighted by Gasteiger charge is -2.33. The van der Waals surface area contributed by atoms with Gasteiger partial charge < -0.3 is 10.6 Å². The molecule has 98 valence electrons. The molecule has 2 rings (SSSR count). The quantitative estimate of drug-likeness (QED) is 0.826. The van der Waals surface area contributed by atoms with Crippen LogP contribution < -0.4 is 10.6 Å². The molecule has 0 saturated carbocycles. The van der Waals surface area contributed by atoms with Crippen LogP contribution in [-0.4, -0.2) is 36.1 Å². The van der Waals surface area contributed by atoms with Crippen LogP contribution in [0.5, 0.6) is 0 Å². The number of carbonyl (C=O) groups excluding carboxylic acids is 1. The van der Waals surface area contributed by atoms with E-state index < -0.39 is 0 Å². The maximum absolute atomic E-state index is 12.3. The summed E-state index contributed by atoms with van der Waals surface area (Å²) in [5.41, 5.74) is 7.08. The van der Waals surface area contributed by atoms with Crippen LogP contribution >= 0.6 is 0 Å². The minimum absolute atomic E-state index is 0.0137. The first-order valence-electron chi connectivity index (χ1n) is 6.31. The lowest BCUT2D eigenvalue weighted by atomic mass is 9.99. The van der Waals surface area contributed by atoms with Gasteiger partial charge in [0.05, 0.1) is 17.6 Å². The van der Waals surface area contributed by atoms with Crippen molar-refractivity contribution in [1.29, 1.82) is 0 Å². The van der Waals surface area contributed by atoms with Crippen molar-refractivity contribution >= 4 is 17.4 Å². The number of anilines is 2. The highest BCUT2D eigenvalue weighted by Gasteiger charge is 2.24. The monoisotopic (exact) mass is 248 g/mol. The molecule has 0 aromatic carbocycles. The third-order valence-electron chi connectivity index (χ3n) is 3.53. The van der Waals surface area contributed by atoms with Crippen LogP contribution in [0.4, 0.5) is 16.2 Å². The number of piperidine rings is 1. The van der Waals surface area contributed by atoms with Crippen molar-refractivity contribution in [3.63, 3.8) is 0 Å². The molecule has 1 aromatic heterocycles. The number of nitrogens with zero attached hydrogens (tertiary/aromatic N) is 3. The Morgan fingerprint density at radius 2 is 2.17 bits per heavy atom. The molecule has 0 unspecified atom stereocenters. The summed E-state index contributed by atoms with van der Waals surface area (Å²) < 4.78 is 0. The first-order chi connectivity index (χ1) is 8.59. The van der Waals surface area contributed by atoms with Gasteiger partial charge in [-0.2, -0.15) is 0 Å². The van der Waals surface area contributed by atoms with Gasteiger partial charge in [-0.05, 0) is 24.8 Å². The van der Waals surface area contributed by atoms with Crippen molar-refractivity contribution < 1.29 is 4.79 Å². The molecule has 2 amide bonds. The van der Waals surface area contributed by atoms with Crippen LogP contribution in [0, 0.1) is 5.92 Å². The molecule has 1 aromatic rings. The summed E-state index contributed by atoms with van der Waals surface area (Å²) in [6, 6.07) is 1.78. The molecule has 1 saturated heterocycles. The Hall–Kier alpha value is -1.78. The van der Waals surface area contributed by atoms with Crippen LogP contribution in [0.3, 0.4) is 0 Å². The molecule has 0 spiro atoms. The van der Waals surface area contributed by atoms with Gasteiger partial charge in [0.15, 0.2) is 0 Å². The number of amides is 2. The Kier molecular flexibility index (Phi) is 3.69. The summed E-state index contributed by atoms with van der Waals surface area (Å²) in [6.07, 6.45) is 5.36. The summed E-state index contributed by atoms with van der Waals surface area (Å²) in [5.74, 6) is 0.713. The predicted molar refractivity (Wildman–Crippen MR) is 72.4 cm³/mol. The van der Waals surface area contributed by atoms with E-state index in [1.54, 1.807) is 30.4 Å². The lowest BCUT2D eigenvalue weighted by molar-refractivity contribution is 0.181. The molecule has 5 heteroatoms. The van der Waals surface area contributed by atoms with E-state index in [1.807, 2.05) is 4.90 Å². The topological polar surface area (TPSA) is 62.5 Å². The second kappa shape index (κ2) is 5.25. The highest BCUT2D eigenvalue weighted by atomic mass is 16.2. The molecule has 5 nitrogen and oxygen atoms in total. The Morgan fingerprint density at radius 1 is 1.50 bits per heavy atom. The normalized spacial score (nSPS) is 16.7. The Morgan fingerprint density at radius 3 is 2.78 bits per heavy atom. The minimum Gasteiger partial charge on any atom is -0.396 e. The maximum atomic E-state index is 12.3. The van der Waals surface area contributed by atoms with Crippen LogP contribution in [0.15, 0.2) is 18.5 Å². The van der Waals surface area contributed by atoms with E-state index in [4.69, 9.17) is 5.73 Å². The molecule has 2 N–H and O–H groups in total. The van der Waals surface area contributed by atoms with Gasteiger partial charge in [-0.15, -0.1) is 0 Å². The van der Waals surface area contributed by atoms with Crippen molar-refractivity contribution in [2.24, 2.45) is 5.92 Å². The molecule has 0 bridgehead atoms. The summed E-state index contributed by atoms with van der Waals surface area (Å²) in [7, 11) is 1.76. The molecule has 1 aliphatic heterocycles.